The Labute approximate surface area is 148 Å². The third kappa shape index (κ3) is 4.24. The first kappa shape index (κ1) is 18.2. The van der Waals surface area contributed by atoms with Crippen molar-refractivity contribution in [1.29, 1.82) is 0 Å². The van der Waals surface area contributed by atoms with Crippen molar-refractivity contribution >= 4 is 23.1 Å². The van der Waals surface area contributed by atoms with Crippen molar-refractivity contribution < 1.29 is 14.7 Å². The fourth-order valence-corrected chi connectivity index (χ4v) is 2.57. The molecule has 2 rings (SSSR count). The van der Waals surface area contributed by atoms with Crippen LogP contribution < -0.4 is 9.80 Å². The highest BCUT2D eigenvalue weighted by Crippen LogP contribution is 2.25. The summed E-state index contributed by atoms with van der Waals surface area (Å²) in [6, 6.07) is 11.9. The van der Waals surface area contributed by atoms with Crippen LogP contribution in [0.15, 0.2) is 36.4 Å². The number of benzene rings is 2. The van der Waals surface area contributed by atoms with E-state index in [0.29, 0.717) is 12.3 Å². The van der Waals surface area contributed by atoms with Crippen LogP contribution in [-0.2, 0) is 17.8 Å². The molecule has 0 bridgehead atoms. The summed E-state index contributed by atoms with van der Waals surface area (Å²) < 4.78 is 10.9. The number of aryl methyl sites for hydroxylation is 3. The SMILES string of the molecule is CCc1ccc(OCc2cc(C)ccc2N(O)C(=S)OC)c(C)c1. The van der Waals surface area contributed by atoms with Gasteiger partial charge in [-0.05, 0) is 55.7 Å². The standard InChI is InChI=1S/C19H23NO3S/c1-5-15-7-9-18(14(3)11-15)23-12-16-10-13(2)6-8-17(16)20(21)19(24)22-4/h6-11,21H,5,12H2,1-4H3. The average molecular weight is 345 g/mol. The van der Waals surface area contributed by atoms with E-state index in [1.807, 2.05) is 32.0 Å². The lowest BCUT2D eigenvalue weighted by molar-refractivity contribution is 0.264. The number of hydrogen-bond donors (Lipinski definition) is 1. The van der Waals surface area contributed by atoms with Crippen LogP contribution in [0.25, 0.3) is 0 Å². The lowest BCUT2D eigenvalue weighted by atomic mass is 10.1. The van der Waals surface area contributed by atoms with Gasteiger partial charge in [-0.1, -0.05) is 36.8 Å². The minimum absolute atomic E-state index is 0.0106. The maximum Gasteiger partial charge on any atom is 0.288 e. The number of hydrogen-bond acceptors (Lipinski definition) is 4. The summed E-state index contributed by atoms with van der Waals surface area (Å²) in [4.78, 5) is 0. The van der Waals surface area contributed by atoms with Crippen molar-refractivity contribution in [3.05, 3.63) is 58.7 Å². The monoisotopic (exact) mass is 345 g/mol. The zero-order valence-electron chi connectivity index (χ0n) is 14.5. The van der Waals surface area contributed by atoms with Crippen molar-refractivity contribution in [3.8, 4) is 5.75 Å². The molecule has 0 aromatic heterocycles. The normalized spacial score (nSPS) is 10.4. The highest BCUT2D eigenvalue weighted by atomic mass is 32.1. The molecule has 0 aliphatic carbocycles. The Morgan fingerprint density at radius 3 is 2.54 bits per heavy atom. The predicted molar refractivity (Wildman–Crippen MR) is 99.9 cm³/mol. The van der Waals surface area contributed by atoms with Crippen LogP contribution in [0.2, 0.25) is 0 Å². The van der Waals surface area contributed by atoms with E-state index < -0.39 is 0 Å². The van der Waals surface area contributed by atoms with Crippen LogP contribution in [-0.4, -0.2) is 17.5 Å². The Bertz CT molecular complexity index is 731. The maximum atomic E-state index is 10.2. The summed E-state index contributed by atoms with van der Waals surface area (Å²) in [7, 11) is 1.43. The van der Waals surface area contributed by atoms with E-state index in [1.54, 1.807) is 6.07 Å². The molecule has 0 atom stereocenters. The molecule has 0 aliphatic heterocycles. The Morgan fingerprint density at radius 2 is 1.92 bits per heavy atom. The van der Waals surface area contributed by atoms with Crippen molar-refractivity contribution in [2.75, 3.05) is 12.2 Å². The number of nitrogens with zero attached hydrogens (tertiary/aromatic N) is 1. The molecule has 0 saturated heterocycles. The molecule has 2 aromatic carbocycles. The fourth-order valence-electron chi connectivity index (χ4n) is 2.47. The second kappa shape index (κ2) is 8.13. The highest BCUT2D eigenvalue weighted by Gasteiger charge is 2.15. The maximum absolute atomic E-state index is 10.2. The summed E-state index contributed by atoms with van der Waals surface area (Å²) in [5, 5.41) is 11.0. The zero-order chi connectivity index (χ0) is 17.7. The molecule has 0 unspecified atom stereocenters. The Hall–Kier alpha value is -2.11. The molecule has 2 aromatic rings. The summed E-state index contributed by atoms with van der Waals surface area (Å²) >= 11 is 4.99. The van der Waals surface area contributed by atoms with Crippen LogP contribution in [0.1, 0.15) is 29.2 Å². The fraction of sp³-hybridized carbons (Fsp3) is 0.316. The third-order valence-corrected chi connectivity index (χ3v) is 4.18. The van der Waals surface area contributed by atoms with Gasteiger partial charge in [-0.3, -0.25) is 5.21 Å². The van der Waals surface area contributed by atoms with Crippen molar-refractivity contribution in [2.45, 2.75) is 33.8 Å². The van der Waals surface area contributed by atoms with Crippen LogP contribution in [0.4, 0.5) is 5.69 Å². The minimum atomic E-state index is -0.0106. The first-order valence-corrected chi connectivity index (χ1v) is 8.26. The lowest BCUT2D eigenvalue weighted by Crippen LogP contribution is -2.27. The van der Waals surface area contributed by atoms with E-state index >= 15 is 0 Å². The van der Waals surface area contributed by atoms with E-state index in [9.17, 15) is 5.21 Å². The number of rotatable bonds is 5. The molecular formula is C19H23NO3S. The number of methoxy groups -OCH3 is 1. The molecule has 4 nitrogen and oxygen atoms in total. The Balaban J connectivity index is 2.23. The summed E-state index contributed by atoms with van der Waals surface area (Å²) in [6.07, 6.45) is 0.997. The molecule has 0 fully saturated rings. The summed E-state index contributed by atoms with van der Waals surface area (Å²) in [5.74, 6) is 0.832. The van der Waals surface area contributed by atoms with Crippen LogP contribution >= 0.6 is 12.2 Å². The first-order valence-electron chi connectivity index (χ1n) is 7.85. The molecule has 0 amide bonds. The minimum Gasteiger partial charge on any atom is -0.489 e. The molecule has 0 radical (unpaired) electrons. The molecule has 24 heavy (non-hydrogen) atoms. The second-order valence-electron chi connectivity index (χ2n) is 5.66. The lowest BCUT2D eigenvalue weighted by Gasteiger charge is -2.20. The smallest absolute Gasteiger partial charge is 0.288 e. The van der Waals surface area contributed by atoms with Crippen LogP contribution in [0.5, 0.6) is 5.75 Å². The molecule has 1 N–H and O–H groups in total. The molecular weight excluding hydrogens is 322 g/mol. The Morgan fingerprint density at radius 1 is 1.17 bits per heavy atom. The van der Waals surface area contributed by atoms with Gasteiger partial charge >= 0.3 is 0 Å². The van der Waals surface area contributed by atoms with Gasteiger partial charge in [0.1, 0.15) is 12.4 Å². The van der Waals surface area contributed by atoms with Gasteiger partial charge in [-0.25, -0.2) is 0 Å². The van der Waals surface area contributed by atoms with Crippen molar-refractivity contribution in [2.24, 2.45) is 0 Å². The third-order valence-electron chi connectivity index (χ3n) is 3.84. The molecule has 0 aliphatic rings. The predicted octanol–water partition coefficient (Wildman–Crippen LogP) is 4.57. The largest absolute Gasteiger partial charge is 0.489 e. The molecule has 0 spiro atoms. The number of ether oxygens (including phenoxy) is 2. The van der Waals surface area contributed by atoms with E-state index in [1.165, 1.54) is 12.7 Å². The van der Waals surface area contributed by atoms with E-state index in [0.717, 1.165) is 33.9 Å². The average Bonchev–Trinajstić information content (AvgIpc) is 2.59. The number of anilines is 1. The van der Waals surface area contributed by atoms with E-state index in [4.69, 9.17) is 21.7 Å². The molecule has 128 valence electrons. The highest BCUT2D eigenvalue weighted by molar-refractivity contribution is 7.80. The molecule has 0 heterocycles. The van der Waals surface area contributed by atoms with Gasteiger partial charge in [0.2, 0.25) is 0 Å². The summed E-state index contributed by atoms with van der Waals surface area (Å²) in [6.45, 7) is 6.48. The quantitative estimate of drug-likeness (QED) is 0.635. The molecule has 0 saturated carbocycles. The summed E-state index contributed by atoms with van der Waals surface area (Å²) in [5.41, 5.74) is 4.83. The first-order chi connectivity index (χ1) is 11.5. The van der Waals surface area contributed by atoms with Gasteiger partial charge in [-0.2, -0.15) is 5.06 Å². The molecule has 5 heteroatoms. The van der Waals surface area contributed by atoms with Gasteiger partial charge in [0.15, 0.2) is 0 Å². The van der Waals surface area contributed by atoms with Crippen LogP contribution in [0.3, 0.4) is 0 Å². The number of hydroxylamine groups is 1. The van der Waals surface area contributed by atoms with Gasteiger partial charge in [0, 0.05) is 5.56 Å². The second-order valence-corrected chi connectivity index (χ2v) is 6.01. The van der Waals surface area contributed by atoms with Crippen molar-refractivity contribution in [3.63, 3.8) is 0 Å². The van der Waals surface area contributed by atoms with E-state index in [2.05, 4.69) is 19.1 Å². The van der Waals surface area contributed by atoms with Gasteiger partial charge in [0.05, 0.1) is 12.8 Å². The Kier molecular flexibility index (Phi) is 6.17. The topological polar surface area (TPSA) is 41.9 Å². The number of thiocarbonyl (C=S) groups is 1. The van der Waals surface area contributed by atoms with Crippen LogP contribution in [0, 0.1) is 13.8 Å². The zero-order valence-corrected chi connectivity index (χ0v) is 15.3. The van der Waals surface area contributed by atoms with Gasteiger partial charge in [-0.15, -0.1) is 0 Å². The van der Waals surface area contributed by atoms with E-state index in [-0.39, 0.29) is 5.17 Å². The van der Waals surface area contributed by atoms with Crippen molar-refractivity contribution in [1.82, 2.24) is 0 Å². The van der Waals surface area contributed by atoms with Gasteiger partial charge < -0.3 is 9.47 Å². The van der Waals surface area contributed by atoms with Gasteiger partial charge in [0.25, 0.3) is 5.17 Å².